The summed E-state index contributed by atoms with van der Waals surface area (Å²) in [6.07, 6.45) is 4.75. The van der Waals surface area contributed by atoms with Crippen LogP contribution in [0.3, 0.4) is 0 Å². The average molecular weight is 274 g/mol. The molecule has 1 rings (SSSR count). The Labute approximate surface area is 117 Å². The predicted molar refractivity (Wildman–Crippen MR) is 76.4 cm³/mol. The fourth-order valence-electron chi connectivity index (χ4n) is 2.40. The van der Waals surface area contributed by atoms with E-state index in [1.165, 1.54) is 12.8 Å². The van der Waals surface area contributed by atoms with Crippen molar-refractivity contribution >= 4 is 0 Å². The second-order valence-electron chi connectivity index (χ2n) is 5.27. The molecule has 1 aliphatic carbocycles. The molecule has 0 heterocycles. The van der Waals surface area contributed by atoms with Crippen LogP contribution in [0, 0.1) is 0 Å². The molecule has 0 aromatic carbocycles. The second-order valence-corrected chi connectivity index (χ2v) is 5.27. The van der Waals surface area contributed by atoms with Crippen LogP contribution in [-0.4, -0.2) is 70.7 Å². The molecule has 0 atom stereocenters. The summed E-state index contributed by atoms with van der Waals surface area (Å²) in [4.78, 5) is 2.40. The molecule has 114 valence electrons. The van der Waals surface area contributed by atoms with Gasteiger partial charge in [0.1, 0.15) is 0 Å². The van der Waals surface area contributed by atoms with Gasteiger partial charge in [-0.3, -0.25) is 0 Å². The number of nitrogens with two attached hydrogens (primary N) is 1. The zero-order valence-corrected chi connectivity index (χ0v) is 12.5. The van der Waals surface area contributed by atoms with Crippen molar-refractivity contribution in [3.63, 3.8) is 0 Å². The van der Waals surface area contributed by atoms with E-state index in [1.807, 2.05) is 0 Å². The highest BCUT2D eigenvalue weighted by Gasteiger charge is 2.21. The van der Waals surface area contributed by atoms with E-state index in [9.17, 15) is 0 Å². The van der Waals surface area contributed by atoms with E-state index < -0.39 is 0 Å². The maximum absolute atomic E-state index is 5.92. The van der Waals surface area contributed by atoms with Gasteiger partial charge in [-0.05, 0) is 32.7 Å². The molecule has 2 N–H and O–H groups in total. The third-order valence-electron chi connectivity index (χ3n) is 3.76. The fourth-order valence-corrected chi connectivity index (χ4v) is 2.40. The molecule has 0 bridgehead atoms. The lowest BCUT2D eigenvalue weighted by Crippen LogP contribution is -2.40. The topological polar surface area (TPSA) is 57.0 Å². The molecule has 0 unspecified atom stereocenters. The highest BCUT2D eigenvalue weighted by Crippen LogP contribution is 2.20. The monoisotopic (exact) mass is 274 g/mol. The number of methoxy groups -OCH3 is 1. The van der Waals surface area contributed by atoms with E-state index in [2.05, 4.69) is 11.9 Å². The molecule has 1 fully saturated rings. The van der Waals surface area contributed by atoms with Gasteiger partial charge in [0.2, 0.25) is 0 Å². The second kappa shape index (κ2) is 10.6. The molecule has 0 aromatic rings. The summed E-state index contributed by atoms with van der Waals surface area (Å²) in [5.41, 5.74) is 5.92. The first-order chi connectivity index (χ1) is 9.24. The first kappa shape index (κ1) is 16.9. The van der Waals surface area contributed by atoms with E-state index in [0.29, 0.717) is 38.5 Å². The lowest BCUT2D eigenvalue weighted by Gasteiger charge is -2.33. The van der Waals surface area contributed by atoms with Gasteiger partial charge in [-0.15, -0.1) is 0 Å². The van der Waals surface area contributed by atoms with Crippen molar-refractivity contribution in [1.82, 2.24) is 4.90 Å². The SMILES string of the molecule is COCCOCCOCCN(C)C1CCC(N)CC1. The van der Waals surface area contributed by atoms with Gasteiger partial charge in [0, 0.05) is 25.7 Å². The smallest absolute Gasteiger partial charge is 0.0701 e. The normalized spacial score (nSPS) is 24.0. The minimum absolute atomic E-state index is 0.421. The van der Waals surface area contributed by atoms with Gasteiger partial charge in [0.25, 0.3) is 0 Å². The quantitative estimate of drug-likeness (QED) is 0.599. The summed E-state index contributed by atoms with van der Waals surface area (Å²) in [6.45, 7) is 4.35. The van der Waals surface area contributed by atoms with E-state index in [-0.39, 0.29) is 0 Å². The van der Waals surface area contributed by atoms with Crippen molar-refractivity contribution in [2.75, 3.05) is 53.7 Å². The zero-order chi connectivity index (χ0) is 13.9. The van der Waals surface area contributed by atoms with Crippen LogP contribution < -0.4 is 5.73 Å². The molecule has 0 spiro atoms. The van der Waals surface area contributed by atoms with E-state index in [1.54, 1.807) is 7.11 Å². The Morgan fingerprint density at radius 2 is 1.53 bits per heavy atom. The molecule has 19 heavy (non-hydrogen) atoms. The molecular formula is C14H30N2O3. The summed E-state index contributed by atoms with van der Waals surface area (Å²) in [5, 5.41) is 0. The third kappa shape index (κ3) is 7.84. The molecule has 0 aromatic heterocycles. The number of hydrogen-bond donors (Lipinski definition) is 1. The van der Waals surface area contributed by atoms with Crippen molar-refractivity contribution < 1.29 is 14.2 Å². The van der Waals surface area contributed by atoms with Crippen LogP contribution in [0.25, 0.3) is 0 Å². The molecule has 5 heteroatoms. The Bertz CT molecular complexity index is 209. The molecule has 0 saturated heterocycles. The largest absolute Gasteiger partial charge is 0.382 e. The maximum atomic E-state index is 5.92. The van der Waals surface area contributed by atoms with Crippen molar-refractivity contribution in [2.45, 2.75) is 37.8 Å². The van der Waals surface area contributed by atoms with Gasteiger partial charge in [0.05, 0.1) is 33.0 Å². The zero-order valence-electron chi connectivity index (χ0n) is 12.5. The fraction of sp³-hybridized carbons (Fsp3) is 1.00. The summed E-state index contributed by atoms with van der Waals surface area (Å²) >= 11 is 0. The van der Waals surface area contributed by atoms with Gasteiger partial charge < -0.3 is 24.8 Å². The summed E-state index contributed by atoms with van der Waals surface area (Å²) in [5.74, 6) is 0. The van der Waals surface area contributed by atoms with Gasteiger partial charge in [-0.2, -0.15) is 0 Å². The van der Waals surface area contributed by atoms with Gasteiger partial charge >= 0.3 is 0 Å². The van der Waals surface area contributed by atoms with Crippen LogP contribution in [0.5, 0.6) is 0 Å². The minimum atomic E-state index is 0.421. The Balaban J connectivity index is 1.91. The van der Waals surface area contributed by atoms with E-state index >= 15 is 0 Å². The van der Waals surface area contributed by atoms with Crippen LogP contribution in [-0.2, 0) is 14.2 Å². The maximum Gasteiger partial charge on any atom is 0.0701 e. The van der Waals surface area contributed by atoms with Crippen molar-refractivity contribution in [3.05, 3.63) is 0 Å². The highest BCUT2D eigenvalue weighted by atomic mass is 16.5. The number of nitrogens with zero attached hydrogens (tertiary/aromatic N) is 1. The number of rotatable bonds is 10. The standard InChI is InChI=1S/C14H30N2O3/c1-16(14-5-3-13(15)4-6-14)7-8-18-11-12-19-10-9-17-2/h13-14H,3-12,15H2,1-2H3. The summed E-state index contributed by atoms with van der Waals surface area (Å²) < 4.78 is 15.8. The van der Waals surface area contributed by atoms with Crippen LogP contribution in [0.4, 0.5) is 0 Å². The van der Waals surface area contributed by atoms with Gasteiger partial charge in [-0.25, -0.2) is 0 Å². The molecule has 5 nitrogen and oxygen atoms in total. The van der Waals surface area contributed by atoms with Crippen LogP contribution in [0.15, 0.2) is 0 Å². The molecular weight excluding hydrogens is 244 g/mol. The molecule has 0 radical (unpaired) electrons. The predicted octanol–water partition coefficient (Wildman–Crippen LogP) is 0.868. The number of likely N-dealkylation sites (N-methyl/N-ethyl adjacent to an activating group) is 1. The molecule has 1 saturated carbocycles. The summed E-state index contributed by atoms with van der Waals surface area (Å²) in [6, 6.07) is 1.10. The Morgan fingerprint density at radius 1 is 0.947 bits per heavy atom. The van der Waals surface area contributed by atoms with E-state index in [0.717, 1.165) is 26.0 Å². The van der Waals surface area contributed by atoms with Crippen molar-refractivity contribution in [2.24, 2.45) is 5.73 Å². The van der Waals surface area contributed by atoms with Gasteiger partial charge in [-0.1, -0.05) is 0 Å². The van der Waals surface area contributed by atoms with Crippen molar-refractivity contribution in [3.8, 4) is 0 Å². The van der Waals surface area contributed by atoms with Crippen molar-refractivity contribution in [1.29, 1.82) is 0 Å². The summed E-state index contributed by atoms with van der Waals surface area (Å²) in [7, 11) is 3.85. The average Bonchev–Trinajstić information content (AvgIpc) is 2.42. The lowest BCUT2D eigenvalue weighted by atomic mass is 9.91. The minimum Gasteiger partial charge on any atom is -0.382 e. The number of hydrogen-bond acceptors (Lipinski definition) is 5. The van der Waals surface area contributed by atoms with Crippen LogP contribution in [0.2, 0.25) is 0 Å². The molecule has 0 amide bonds. The molecule has 0 aliphatic heterocycles. The third-order valence-corrected chi connectivity index (χ3v) is 3.76. The Kier molecular flexibility index (Phi) is 9.38. The Hall–Kier alpha value is -0.200. The lowest BCUT2D eigenvalue weighted by molar-refractivity contribution is 0.0173. The van der Waals surface area contributed by atoms with Crippen LogP contribution >= 0.6 is 0 Å². The van der Waals surface area contributed by atoms with E-state index in [4.69, 9.17) is 19.9 Å². The first-order valence-corrected chi connectivity index (χ1v) is 7.34. The highest BCUT2D eigenvalue weighted by molar-refractivity contribution is 4.79. The molecule has 1 aliphatic rings. The van der Waals surface area contributed by atoms with Gasteiger partial charge in [0.15, 0.2) is 0 Å². The Morgan fingerprint density at radius 3 is 2.16 bits per heavy atom. The van der Waals surface area contributed by atoms with Crippen LogP contribution in [0.1, 0.15) is 25.7 Å². The number of ether oxygens (including phenoxy) is 3. The first-order valence-electron chi connectivity index (χ1n) is 7.34.